The Balaban J connectivity index is 0.000000201. The maximum Gasteiger partial charge on any atom is 0.415 e. The van der Waals surface area contributed by atoms with Crippen LogP contribution in [0.5, 0.6) is 11.5 Å². The van der Waals surface area contributed by atoms with Gasteiger partial charge in [0.25, 0.3) is 0 Å². The number of carbonyl (C=O) groups excluding carboxylic acids is 2. The Hall–Kier alpha value is -3.21. The first kappa shape index (κ1) is 43.2. The second-order valence-corrected chi connectivity index (χ2v) is 15.2. The molecule has 1 amide bonds. The van der Waals surface area contributed by atoms with Crippen LogP contribution in [0.2, 0.25) is 0 Å². The minimum absolute atomic E-state index is 0.268. The zero-order valence-corrected chi connectivity index (χ0v) is 34.7. The van der Waals surface area contributed by atoms with Crippen molar-refractivity contribution < 1.29 is 19.1 Å². The summed E-state index contributed by atoms with van der Waals surface area (Å²) in [6.07, 6.45) is 2.01. The number of nitrogens with zero attached hydrogens (tertiary/aromatic N) is 2. The molecule has 0 radical (unpaired) electrons. The number of carbonyl (C=O) groups is 2. The molecule has 2 fully saturated rings. The molecule has 0 aliphatic carbocycles. The van der Waals surface area contributed by atoms with Crippen molar-refractivity contribution in [2.24, 2.45) is 0 Å². The average molecular weight is 858 g/mol. The lowest BCUT2D eigenvalue weighted by molar-refractivity contribution is 0.162. The number of nitrogens with one attached hydrogen (secondary N) is 1. The lowest BCUT2D eigenvalue weighted by Gasteiger charge is -2.28. The zero-order valence-electron chi connectivity index (χ0n) is 30.8. The highest BCUT2D eigenvalue weighted by Crippen LogP contribution is 2.28. The van der Waals surface area contributed by atoms with E-state index in [0.29, 0.717) is 29.5 Å². The predicted octanol–water partition coefficient (Wildman–Crippen LogP) is 11.5. The summed E-state index contributed by atoms with van der Waals surface area (Å²) < 4.78 is 11.9. The maximum atomic E-state index is 12.2. The van der Waals surface area contributed by atoms with Crippen LogP contribution in [0.15, 0.2) is 118 Å². The van der Waals surface area contributed by atoms with Crippen LogP contribution in [-0.4, -0.2) is 66.1 Å². The van der Waals surface area contributed by atoms with Gasteiger partial charge in [0.1, 0.15) is 11.5 Å². The summed E-state index contributed by atoms with van der Waals surface area (Å²) >= 11 is 11.6. The van der Waals surface area contributed by atoms with Gasteiger partial charge in [0.05, 0.1) is 0 Å². The van der Waals surface area contributed by atoms with E-state index in [4.69, 9.17) is 16.3 Å². The SMILES string of the molecule is CCN(C(C)C)C(C)C.O=C(Cl)Oc1ccc(Br)cc1.O=C(Oc1ccc(Br)cc1)N1CCC(c2ccccc2)C1.c1ccc(C2CCNC2)cc1. The van der Waals surface area contributed by atoms with Crippen LogP contribution in [0, 0.1) is 0 Å². The molecule has 10 heteroatoms. The number of likely N-dealkylation sites (tertiary alicyclic amines) is 1. The Bertz CT molecular complexity index is 1580. The van der Waals surface area contributed by atoms with Crippen molar-refractivity contribution in [2.45, 2.75) is 71.4 Å². The van der Waals surface area contributed by atoms with Crippen LogP contribution >= 0.6 is 43.5 Å². The fraction of sp³-hybridized carbons (Fsp3) is 0.381. The molecule has 2 aliphatic heterocycles. The van der Waals surface area contributed by atoms with Crippen molar-refractivity contribution in [2.75, 3.05) is 32.7 Å². The quantitative estimate of drug-likeness (QED) is 0.187. The standard InChI is InChI=1S/C17H16BrNO2.C10H13N.C8H19N.C7H4BrClO2/c18-15-6-8-16(9-7-15)21-17(20)19-11-10-14(12-19)13-4-2-1-3-5-13;1-2-4-9(5-3-1)10-6-7-11-8-10;1-6-9(7(2)3)8(4)5;8-5-1-3-6(4-2-5)11-7(9)10/h1-9,14H,10-12H2;1-5,10-11H,6-8H2;7-8H,6H2,1-5H3;1-4H. The molecule has 2 aliphatic rings. The van der Waals surface area contributed by atoms with E-state index in [9.17, 15) is 9.59 Å². The van der Waals surface area contributed by atoms with Crippen molar-refractivity contribution in [3.05, 3.63) is 129 Å². The van der Waals surface area contributed by atoms with E-state index in [1.54, 1.807) is 41.3 Å². The minimum atomic E-state index is -0.827. The van der Waals surface area contributed by atoms with Gasteiger partial charge >= 0.3 is 11.5 Å². The molecule has 2 heterocycles. The van der Waals surface area contributed by atoms with Crippen LogP contribution in [0.25, 0.3) is 0 Å². The Morgan fingerprint density at radius 2 is 1.23 bits per heavy atom. The highest BCUT2D eigenvalue weighted by atomic mass is 79.9. The summed E-state index contributed by atoms with van der Waals surface area (Å²) in [6, 6.07) is 36.6. The Kier molecular flexibility index (Phi) is 19.5. The molecule has 6 rings (SSSR count). The molecule has 52 heavy (non-hydrogen) atoms. The fourth-order valence-electron chi connectivity index (χ4n) is 6.18. The van der Waals surface area contributed by atoms with Crippen LogP contribution in [0.4, 0.5) is 9.59 Å². The van der Waals surface area contributed by atoms with E-state index in [-0.39, 0.29) is 6.09 Å². The van der Waals surface area contributed by atoms with Gasteiger partial charge in [0.15, 0.2) is 0 Å². The largest absolute Gasteiger partial charge is 0.415 e. The molecule has 1 N–H and O–H groups in total. The molecule has 4 aromatic carbocycles. The lowest BCUT2D eigenvalue weighted by Crippen LogP contribution is -2.36. The fourth-order valence-corrected chi connectivity index (χ4v) is 6.80. The van der Waals surface area contributed by atoms with Crippen molar-refractivity contribution in [3.63, 3.8) is 0 Å². The summed E-state index contributed by atoms with van der Waals surface area (Å²) in [7, 11) is 0. The third kappa shape index (κ3) is 15.8. The molecular formula is C42H52Br2ClN3O4. The van der Waals surface area contributed by atoms with Gasteiger partial charge in [0, 0.05) is 58.2 Å². The van der Waals surface area contributed by atoms with Crippen LogP contribution in [-0.2, 0) is 0 Å². The molecule has 7 nitrogen and oxygen atoms in total. The third-order valence-electron chi connectivity index (χ3n) is 8.77. The Morgan fingerprint density at radius 1 is 0.750 bits per heavy atom. The minimum Gasteiger partial charge on any atom is -0.415 e. The van der Waals surface area contributed by atoms with E-state index in [0.717, 1.165) is 47.5 Å². The van der Waals surface area contributed by atoms with E-state index >= 15 is 0 Å². The molecule has 2 unspecified atom stereocenters. The number of rotatable bonds is 7. The molecule has 2 saturated heterocycles. The molecule has 0 spiro atoms. The predicted molar refractivity (Wildman–Crippen MR) is 221 cm³/mol. The van der Waals surface area contributed by atoms with Gasteiger partial charge in [-0.25, -0.2) is 9.59 Å². The summed E-state index contributed by atoms with van der Waals surface area (Å²) in [4.78, 5) is 26.6. The van der Waals surface area contributed by atoms with Crippen LogP contribution in [0.1, 0.15) is 70.4 Å². The number of amides is 1. The number of ether oxygens (including phenoxy) is 2. The van der Waals surface area contributed by atoms with E-state index in [1.165, 1.54) is 24.1 Å². The molecule has 2 atom stereocenters. The monoisotopic (exact) mass is 855 g/mol. The first-order chi connectivity index (χ1) is 25.0. The number of benzene rings is 4. The first-order valence-corrected chi connectivity index (χ1v) is 19.8. The van der Waals surface area contributed by atoms with E-state index < -0.39 is 5.43 Å². The van der Waals surface area contributed by atoms with Gasteiger partial charge in [-0.3, -0.25) is 4.90 Å². The highest BCUT2D eigenvalue weighted by molar-refractivity contribution is 9.10. The molecule has 0 aromatic heterocycles. The van der Waals surface area contributed by atoms with Gasteiger partial charge in [-0.1, -0.05) is 99.4 Å². The first-order valence-electron chi connectivity index (χ1n) is 17.9. The van der Waals surface area contributed by atoms with Gasteiger partial charge in [0.2, 0.25) is 0 Å². The van der Waals surface area contributed by atoms with Crippen molar-refractivity contribution in [1.29, 1.82) is 0 Å². The topological polar surface area (TPSA) is 71.1 Å². The summed E-state index contributed by atoms with van der Waals surface area (Å²) in [5.74, 6) is 2.18. The zero-order chi connectivity index (χ0) is 37.9. The summed E-state index contributed by atoms with van der Waals surface area (Å²) in [5, 5.41) is 3.37. The Morgan fingerprint density at radius 3 is 1.63 bits per heavy atom. The normalized spacial score (nSPS) is 16.2. The van der Waals surface area contributed by atoms with Crippen molar-refractivity contribution >= 4 is 55.0 Å². The molecule has 0 saturated carbocycles. The number of hydrogen-bond acceptors (Lipinski definition) is 6. The second kappa shape index (κ2) is 23.5. The van der Waals surface area contributed by atoms with Gasteiger partial charge in [-0.2, -0.15) is 0 Å². The van der Waals surface area contributed by atoms with Gasteiger partial charge < -0.3 is 19.7 Å². The third-order valence-corrected chi connectivity index (χ3v) is 9.91. The molecule has 4 aromatic rings. The van der Waals surface area contributed by atoms with Gasteiger partial charge in [-0.15, -0.1) is 0 Å². The summed E-state index contributed by atoms with van der Waals surface area (Å²) in [6.45, 7) is 16.1. The maximum absolute atomic E-state index is 12.2. The molecule has 0 bridgehead atoms. The summed E-state index contributed by atoms with van der Waals surface area (Å²) in [5.41, 5.74) is 1.95. The van der Waals surface area contributed by atoms with Gasteiger partial charge in [-0.05, 0) is 119 Å². The van der Waals surface area contributed by atoms with Crippen molar-refractivity contribution in [1.82, 2.24) is 15.1 Å². The molecule has 280 valence electrons. The number of halogens is 3. The number of hydrogen-bond donors (Lipinski definition) is 1. The van der Waals surface area contributed by atoms with Crippen LogP contribution < -0.4 is 14.8 Å². The average Bonchev–Trinajstić information content (AvgIpc) is 3.86. The molecular weight excluding hydrogens is 806 g/mol. The lowest BCUT2D eigenvalue weighted by atomic mass is 9.99. The van der Waals surface area contributed by atoms with Crippen LogP contribution in [0.3, 0.4) is 0 Å². The van der Waals surface area contributed by atoms with E-state index in [2.05, 4.69) is 124 Å². The smallest absolute Gasteiger partial charge is 0.415 e. The van der Waals surface area contributed by atoms with Crippen molar-refractivity contribution in [3.8, 4) is 11.5 Å². The van der Waals surface area contributed by atoms with E-state index in [1.807, 2.05) is 30.3 Å². The second-order valence-electron chi connectivity index (χ2n) is 13.1. The highest BCUT2D eigenvalue weighted by Gasteiger charge is 2.28. The Labute approximate surface area is 332 Å².